The fourth-order valence-electron chi connectivity index (χ4n) is 1.72. The first-order chi connectivity index (χ1) is 12.0. The number of carbonyl (C=O) groups is 3. The molecule has 4 amide bonds. The topological polar surface area (TPSA) is 87.3 Å². The van der Waals surface area contributed by atoms with Crippen molar-refractivity contribution in [2.75, 3.05) is 10.6 Å². The summed E-state index contributed by atoms with van der Waals surface area (Å²) < 4.78 is 0. The van der Waals surface area contributed by atoms with Crippen LogP contribution in [-0.2, 0) is 9.59 Å². The van der Waals surface area contributed by atoms with E-state index in [9.17, 15) is 14.4 Å². The third-order valence-electron chi connectivity index (χ3n) is 2.77. The Morgan fingerprint density at radius 1 is 1.08 bits per heavy atom. The van der Waals surface area contributed by atoms with Crippen LogP contribution >= 0.6 is 0 Å². The third-order valence-corrected chi connectivity index (χ3v) is 2.77. The number of anilines is 2. The minimum Gasteiger partial charge on any atom is -0.326 e. The van der Waals surface area contributed by atoms with Gasteiger partial charge in [0.2, 0.25) is 5.91 Å². The lowest BCUT2D eigenvalue weighted by atomic mass is 10.2. The van der Waals surface area contributed by atoms with Gasteiger partial charge in [0.25, 0.3) is 5.91 Å². The van der Waals surface area contributed by atoms with E-state index in [1.165, 1.54) is 18.2 Å². The predicted molar refractivity (Wildman–Crippen MR) is 100 cm³/mol. The first-order valence-corrected chi connectivity index (χ1v) is 7.64. The van der Waals surface area contributed by atoms with Crippen LogP contribution in [0.4, 0.5) is 16.2 Å². The fourth-order valence-corrected chi connectivity index (χ4v) is 1.72. The largest absolute Gasteiger partial charge is 0.326 e. The molecule has 0 saturated carbocycles. The Balaban J connectivity index is 2.58. The van der Waals surface area contributed by atoms with Crippen LogP contribution in [0.25, 0.3) is 0 Å². The van der Waals surface area contributed by atoms with Crippen molar-refractivity contribution in [2.45, 2.75) is 13.3 Å². The Morgan fingerprint density at radius 2 is 1.80 bits per heavy atom. The van der Waals surface area contributed by atoms with Crippen LogP contribution in [0.2, 0.25) is 0 Å². The van der Waals surface area contributed by atoms with E-state index < -0.39 is 11.9 Å². The van der Waals surface area contributed by atoms with E-state index in [1.54, 1.807) is 36.4 Å². The van der Waals surface area contributed by atoms with Gasteiger partial charge in [-0.1, -0.05) is 49.1 Å². The molecule has 0 atom stereocenters. The molecule has 6 heteroatoms. The lowest BCUT2D eigenvalue weighted by Crippen LogP contribution is -2.33. The second-order valence-corrected chi connectivity index (χ2v) is 4.83. The van der Waals surface area contributed by atoms with Gasteiger partial charge < -0.3 is 10.6 Å². The Hall–Kier alpha value is -3.41. The van der Waals surface area contributed by atoms with Crippen molar-refractivity contribution in [1.29, 1.82) is 0 Å². The van der Waals surface area contributed by atoms with Crippen molar-refractivity contribution in [3.05, 3.63) is 73.4 Å². The number of rotatable bonds is 7. The number of amides is 4. The number of nitrogens with one attached hydrogen (secondary N) is 3. The van der Waals surface area contributed by atoms with Crippen molar-refractivity contribution >= 4 is 29.2 Å². The molecule has 0 aliphatic heterocycles. The van der Waals surface area contributed by atoms with E-state index in [2.05, 4.69) is 22.5 Å². The zero-order valence-corrected chi connectivity index (χ0v) is 14.0. The van der Waals surface area contributed by atoms with Gasteiger partial charge in [0.1, 0.15) is 0 Å². The van der Waals surface area contributed by atoms with Gasteiger partial charge in [-0.3, -0.25) is 14.9 Å². The number of benzene rings is 1. The molecule has 1 aromatic rings. The van der Waals surface area contributed by atoms with Crippen molar-refractivity contribution in [2.24, 2.45) is 0 Å². The normalized spacial score (nSPS) is 10.9. The summed E-state index contributed by atoms with van der Waals surface area (Å²) in [5, 5.41) is 7.38. The Labute approximate surface area is 147 Å². The van der Waals surface area contributed by atoms with Crippen molar-refractivity contribution in [3.63, 3.8) is 0 Å². The Morgan fingerprint density at radius 3 is 2.48 bits per heavy atom. The van der Waals surface area contributed by atoms with Crippen LogP contribution in [0, 0.1) is 0 Å². The molecule has 0 radical (unpaired) electrons. The van der Waals surface area contributed by atoms with Gasteiger partial charge in [0.05, 0.1) is 0 Å². The van der Waals surface area contributed by atoms with Crippen LogP contribution in [0.5, 0.6) is 0 Å². The molecule has 1 rings (SSSR count). The minimum absolute atomic E-state index is 0.174. The van der Waals surface area contributed by atoms with Gasteiger partial charge >= 0.3 is 6.03 Å². The van der Waals surface area contributed by atoms with Crippen LogP contribution in [0.3, 0.4) is 0 Å². The number of urea groups is 1. The number of allylic oxidation sites excluding steroid dienone is 5. The first kappa shape index (κ1) is 19.6. The quantitative estimate of drug-likeness (QED) is 0.524. The van der Waals surface area contributed by atoms with E-state index in [-0.39, 0.29) is 12.3 Å². The highest BCUT2D eigenvalue weighted by atomic mass is 16.2. The molecule has 3 N–H and O–H groups in total. The van der Waals surface area contributed by atoms with E-state index in [0.717, 1.165) is 0 Å². The van der Waals surface area contributed by atoms with Crippen molar-refractivity contribution in [3.8, 4) is 0 Å². The molecule has 0 aromatic heterocycles. The monoisotopic (exact) mass is 339 g/mol. The van der Waals surface area contributed by atoms with Gasteiger partial charge in [0.15, 0.2) is 0 Å². The summed E-state index contributed by atoms with van der Waals surface area (Å²) >= 11 is 0. The molecule has 0 bridgehead atoms. The summed E-state index contributed by atoms with van der Waals surface area (Å²) in [6, 6.07) is 5.95. The van der Waals surface area contributed by atoms with E-state index in [4.69, 9.17) is 0 Å². The Kier molecular flexibility index (Phi) is 8.78. The summed E-state index contributed by atoms with van der Waals surface area (Å²) in [6.45, 7) is 5.32. The predicted octanol–water partition coefficient (Wildman–Crippen LogP) is 3.54. The van der Waals surface area contributed by atoms with Gasteiger partial charge in [-0.25, -0.2) is 4.79 Å². The molecule has 0 spiro atoms. The second-order valence-electron chi connectivity index (χ2n) is 4.83. The summed E-state index contributed by atoms with van der Waals surface area (Å²) in [5.41, 5.74) is 0.986. The molecular weight excluding hydrogens is 318 g/mol. The molecule has 0 fully saturated rings. The zero-order valence-electron chi connectivity index (χ0n) is 14.0. The first-order valence-electron chi connectivity index (χ1n) is 7.64. The van der Waals surface area contributed by atoms with Crippen molar-refractivity contribution in [1.82, 2.24) is 5.32 Å². The van der Waals surface area contributed by atoms with Crippen molar-refractivity contribution < 1.29 is 14.4 Å². The van der Waals surface area contributed by atoms with Gasteiger partial charge in [-0.2, -0.15) is 0 Å². The molecule has 130 valence electrons. The molecule has 1 aromatic carbocycles. The van der Waals surface area contributed by atoms with Crippen LogP contribution < -0.4 is 16.0 Å². The summed E-state index contributed by atoms with van der Waals surface area (Å²) in [4.78, 5) is 34.9. The zero-order chi connectivity index (χ0) is 18.5. The highest BCUT2D eigenvalue weighted by molar-refractivity contribution is 6.05. The standard InChI is InChI=1S/C19H21N3O3/c1-3-5-7-8-13-17(23)20-15-10-9-11-16(14-15)21-19(25)22-18(24)12-6-4-2/h3-12,14H,2,13H2,1H3,(H,20,23)(H2,21,22,24,25)/b5-3-,8-7-,12-6+. The summed E-state index contributed by atoms with van der Waals surface area (Å²) in [5.74, 6) is -0.734. The van der Waals surface area contributed by atoms with E-state index in [0.29, 0.717) is 11.4 Å². The van der Waals surface area contributed by atoms with Gasteiger partial charge in [-0.05, 0) is 25.1 Å². The molecule has 0 unspecified atom stereocenters. The molecule has 0 aliphatic rings. The smallest absolute Gasteiger partial charge is 0.326 e. The van der Waals surface area contributed by atoms with Crippen LogP contribution in [0.15, 0.2) is 73.4 Å². The maximum absolute atomic E-state index is 11.8. The van der Waals surface area contributed by atoms with Crippen LogP contribution in [-0.4, -0.2) is 17.8 Å². The van der Waals surface area contributed by atoms with E-state index >= 15 is 0 Å². The van der Waals surface area contributed by atoms with Gasteiger partial charge in [0, 0.05) is 23.9 Å². The maximum Gasteiger partial charge on any atom is 0.326 e. The lowest BCUT2D eigenvalue weighted by molar-refractivity contribution is -0.116. The molecular formula is C19H21N3O3. The summed E-state index contributed by atoms with van der Waals surface area (Å²) in [6.07, 6.45) is 11.5. The summed E-state index contributed by atoms with van der Waals surface area (Å²) in [7, 11) is 0. The third kappa shape index (κ3) is 8.71. The Bertz CT molecular complexity index is 718. The minimum atomic E-state index is -0.670. The number of carbonyl (C=O) groups excluding carboxylic acids is 3. The van der Waals surface area contributed by atoms with Crippen LogP contribution in [0.1, 0.15) is 13.3 Å². The SMILES string of the molecule is C=C/C=C/C(=O)NC(=O)Nc1cccc(NC(=O)C/C=C\C=C/C)c1. The maximum atomic E-state index is 11.8. The number of hydrogen-bond acceptors (Lipinski definition) is 3. The lowest BCUT2D eigenvalue weighted by Gasteiger charge is -2.08. The second kappa shape index (κ2) is 11.2. The van der Waals surface area contributed by atoms with E-state index in [1.807, 2.05) is 19.1 Å². The number of imide groups is 1. The fraction of sp³-hybridized carbons (Fsp3) is 0.105. The average molecular weight is 339 g/mol. The average Bonchev–Trinajstić information content (AvgIpc) is 2.57. The molecule has 0 heterocycles. The highest BCUT2D eigenvalue weighted by Crippen LogP contribution is 2.15. The molecule has 0 aliphatic carbocycles. The van der Waals surface area contributed by atoms with Gasteiger partial charge in [-0.15, -0.1) is 0 Å². The molecule has 6 nitrogen and oxygen atoms in total. The molecule has 0 saturated heterocycles. The number of hydrogen-bond donors (Lipinski definition) is 3. The molecule has 25 heavy (non-hydrogen) atoms. The highest BCUT2D eigenvalue weighted by Gasteiger charge is 2.06.